The van der Waals surface area contributed by atoms with Gasteiger partial charge < -0.3 is 15.0 Å². The molecule has 2 heterocycles. The Morgan fingerprint density at radius 2 is 1.63 bits per heavy atom. The van der Waals surface area contributed by atoms with E-state index in [9.17, 15) is 0 Å². The van der Waals surface area contributed by atoms with Crippen LogP contribution in [0.3, 0.4) is 0 Å². The Balaban J connectivity index is 1.89. The maximum absolute atomic E-state index is 5.59. The molecule has 0 atom stereocenters. The van der Waals surface area contributed by atoms with Crippen molar-refractivity contribution in [3.8, 4) is 0 Å². The van der Waals surface area contributed by atoms with Crippen molar-refractivity contribution in [2.24, 2.45) is 5.41 Å². The first-order valence-corrected chi connectivity index (χ1v) is 8.35. The van der Waals surface area contributed by atoms with Crippen molar-refractivity contribution in [1.29, 1.82) is 0 Å². The topological polar surface area (TPSA) is 24.5 Å². The Bertz CT molecular complexity index is 231. The molecule has 0 aliphatic carbocycles. The second kappa shape index (κ2) is 8.23. The predicted octanol–water partition coefficient (Wildman–Crippen LogP) is 2.66. The average Bonchev–Trinajstić information content (AvgIpc) is 2.41. The van der Waals surface area contributed by atoms with Crippen LogP contribution >= 0.6 is 0 Å². The zero-order chi connectivity index (χ0) is 13.4. The molecule has 3 heteroatoms. The number of hydrogen-bond donors (Lipinski definition) is 1. The van der Waals surface area contributed by atoms with Crippen LogP contribution in [0.4, 0.5) is 0 Å². The van der Waals surface area contributed by atoms with Crippen LogP contribution in [0.1, 0.15) is 51.9 Å². The van der Waals surface area contributed by atoms with Crippen molar-refractivity contribution in [2.75, 3.05) is 45.9 Å². The molecule has 0 amide bonds. The van der Waals surface area contributed by atoms with Gasteiger partial charge in [-0.25, -0.2) is 0 Å². The molecular weight excluding hydrogens is 236 g/mol. The maximum Gasteiger partial charge on any atom is 0.0472 e. The first-order chi connectivity index (χ1) is 9.35. The molecule has 112 valence electrons. The molecule has 0 aromatic carbocycles. The standard InChI is InChI=1S/C16H32N2O/c1-2-17-14-16(8-12-19-13-9-16)15-18-10-6-4-3-5-7-11-18/h17H,2-15H2,1H3. The average molecular weight is 268 g/mol. The lowest BCUT2D eigenvalue weighted by atomic mass is 9.79. The fourth-order valence-corrected chi connectivity index (χ4v) is 3.53. The van der Waals surface area contributed by atoms with E-state index in [1.54, 1.807) is 0 Å². The van der Waals surface area contributed by atoms with Crippen molar-refractivity contribution in [3.63, 3.8) is 0 Å². The highest BCUT2D eigenvalue weighted by Crippen LogP contribution is 2.31. The molecule has 0 aromatic heterocycles. The molecule has 0 spiro atoms. The molecule has 2 rings (SSSR count). The molecule has 2 aliphatic rings. The lowest BCUT2D eigenvalue weighted by Gasteiger charge is -2.41. The van der Waals surface area contributed by atoms with Crippen molar-refractivity contribution in [1.82, 2.24) is 10.2 Å². The predicted molar refractivity (Wildman–Crippen MR) is 80.6 cm³/mol. The van der Waals surface area contributed by atoms with E-state index in [2.05, 4.69) is 17.1 Å². The summed E-state index contributed by atoms with van der Waals surface area (Å²) in [7, 11) is 0. The van der Waals surface area contributed by atoms with Crippen molar-refractivity contribution >= 4 is 0 Å². The highest BCUT2D eigenvalue weighted by molar-refractivity contribution is 4.87. The van der Waals surface area contributed by atoms with Crippen LogP contribution in [0, 0.1) is 5.41 Å². The third kappa shape index (κ3) is 5.05. The third-order valence-corrected chi connectivity index (χ3v) is 4.81. The lowest BCUT2D eigenvalue weighted by molar-refractivity contribution is -0.00523. The van der Waals surface area contributed by atoms with E-state index < -0.39 is 0 Å². The minimum absolute atomic E-state index is 0.466. The third-order valence-electron chi connectivity index (χ3n) is 4.81. The van der Waals surface area contributed by atoms with Crippen LogP contribution in [0.25, 0.3) is 0 Å². The van der Waals surface area contributed by atoms with Gasteiger partial charge in [-0.05, 0) is 50.7 Å². The summed E-state index contributed by atoms with van der Waals surface area (Å²) in [6, 6.07) is 0. The minimum atomic E-state index is 0.466. The molecule has 0 aromatic rings. The highest BCUT2D eigenvalue weighted by Gasteiger charge is 2.33. The molecule has 3 nitrogen and oxygen atoms in total. The van der Waals surface area contributed by atoms with Gasteiger partial charge in [0.2, 0.25) is 0 Å². The van der Waals surface area contributed by atoms with Gasteiger partial charge in [0, 0.05) is 26.3 Å². The molecule has 0 saturated carbocycles. The largest absolute Gasteiger partial charge is 0.381 e. The molecule has 2 aliphatic heterocycles. The number of rotatable bonds is 5. The first kappa shape index (κ1) is 15.3. The number of hydrogen-bond acceptors (Lipinski definition) is 3. The van der Waals surface area contributed by atoms with E-state index in [1.165, 1.54) is 71.1 Å². The van der Waals surface area contributed by atoms with E-state index in [0.717, 1.165) is 19.8 Å². The summed E-state index contributed by atoms with van der Waals surface area (Å²) in [5.41, 5.74) is 0.466. The summed E-state index contributed by atoms with van der Waals surface area (Å²) in [6.07, 6.45) is 9.57. The van der Waals surface area contributed by atoms with Gasteiger partial charge in [-0.15, -0.1) is 0 Å². The summed E-state index contributed by atoms with van der Waals surface area (Å²) in [6.45, 7) is 10.3. The van der Waals surface area contributed by atoms with E-state index in [1.807, 2.05) is 0 Å². The van der Waals surface area contributed by atoms with E-state index in [0.29, 0.717) is 5.41 Å². The van der Waals surface area contributed by atoms with Gasteiger partial charge in [0.25, 0.3) is 0 Å². The second-order valence-electron chi connectivity index (χ2n) is 6.44. The van der Waals surface area contributed by atoms with Gasteiger partial charge in [-0.3, -0.25) is 0 Å². The Labute approximate surface area is 119 Å². The van der Waals surface area contributed by atoms with E-state index in [4.69, 9.17) is 4.74 Å². The Morgan fingerprint density at radius 1 is 1.00 bits per heavy atom. The van der Waals surface area contributed by atoms with Gasteiger partial charge in [-0.2, -0.15) is 0 Å². The molecule has 2 saturated heterocycles. The summed E-state index contributed by atoms with van der Waals surface area (Å²) >= 11 is 0. The summed E-state index contributed by atoms with van der Waals surface area (Å²) in [5.74, 6) is 0. The highest BCUT2D eigenvalue weighted by atomic mass is 16.5. The molecular formula is C16H32N2O. The Morgan fingerprint density at radius 3 is 2.26 bits per heavy atom. The fraction of sp³-hybridized carbons (Fsp3) is 1.00. The summed E-state index contributed by atoms with van der Waals surface area (Å²) < 4.78 is 5.59. The fourth-order valence-electron chi connectivity index (χ4n) is 3.53. The van der Waals surface area contributed by atoms with Crippen LogP contribution in [-0.4, -0.2) is 50.8 Å². The molecule has 2 fully saturated rings. The Hall–Kier alpha value is -0.120. The van der Waals surface area contributed by atoms with Crippen LogP contribution in [0.15, 0.2) is 0 Å². The number of nitrogens with one attached hydrogen (secondary N) is 1. The number of likely N-dealkylation sites (tertiary alicyclic amines) is 1. The van der Waals surface area contributed by atoms with Crippen molar-refractivity contribution < 1.29 is 4.74 Å². The molecule has 0 bridgehead atoms. The number of ether oxygens (including phenoxy) is 1. The van der Waals surface area contributed by atoms with E-state index in [-0.39, 0.29) is 0 Å². The van der Waals surface area contributed by atoms with Crippen molar-refractivity contribution in [2.45, 2.75) is 51.9 Å². The van der Waals surface area contributed by atoms with Gasteiger partial charge >= 0.3 is 0 Å². The second-order valence-corrected chi connectivity index (χ2v) is 6.44. The number of nitrogens with zero attached hydrogens (tertiary/aromatic N) is 1. The monoisotopic (exact) mass is 268 g/mol. The van der Waals surface area contributed by atoms with Gasteiger partial charge in [0.15, 0.2) is 0 Å². The Kier molecular flexibility index (Phi) is 6.62. The van der Waals surface area contributed by atoms with Crippen LogP contribution in [0.5, 0.6) is 0 Å². The van der Waals surface area contributed by atoms with E-state index >= 15 is 0 Å². The molecule has 0 radical (unpaired) electrons. The summed E-state index contributed by atoms with van der Waals surface area (Å²) in [5, 5.41) is 3.59. The van der Waals surface area contributed by atoms with Crippen LogP contribution in [0.2, 0.25) is 0 Å². The van der Waals surface area contributed by atoms with Gasteiger partial charge in [-0.1, -0.05) is 26.2 Å². The van der Waals surface area contributed by atoms with Crippen LogP contribution in [-0.2, 0) is 4.74 Å². The first-order valence-electron chi connectivity index (χ1n) is 8.35. The zero-order valence-corrected chi connectivity index (χ0v) is 12.8. The van der Waals surface area contributed by atoms with Gasteiger partial charge in [0.1, 0.15) is 0 Å². The molecule has 0 unspecified atom stereocenters. The normalized spacial score (nSPS) is 25.7. The van der Waals surface area contributed by atoms with Crippen LogP contribution < -0.4 is 5.32 Å². The minimum Gasteiger partial charge on any atom is -0.381 e. The van der Waals surface area contributed by atoms with Gasteiger partial charge in [0.05, 0.1) is 0 Å². The quantitative estimate of drug-likeness (QED) is 0.829. The molecule has 1 N–H and O–H groups in total. The molecule has 19 heavy (non-hydrogen) atoms. The maximum atomic E-state index is 5.59. The zero-order valence-electron chi connectivity index (χ0n) is 12.8. The lowest BCUT2D eigenvalue weighted by Crippen LogP contribution is -2.48. The smallest absolute Gasteiger partial charge is 0.0472 e. The van der Waals surface area contributed by atoms with Crippen molar-refractivity contribution in [3.05, 3.63) is 0 Å². The SMILES string of the molecule is CCNCC1(CN2CCCCCCC2)CCOCC1. The summed E-state index contributed by atoms with van der Waals surface area (Å²) in [4.78, 5) is 2.74.